The van der Waals surface area contributed by atoms with Crippen molar-refractivity contribution in [3.05, 3.63) is 65.1 Å². The number of benzene rings is 1. The van der Waals surface area contributed by atoms with Crippen molar-refractivity contribution in [2.24, 2.45) is 11.8 Å². The summed E-state index contributed by atoms with van der Waals surface area (Å²) >= 11 is 0. The number of aromatic nitrogens is 1. The van der Waals surface area contributed by atoms with Crippen LogP contribution in [0.5, 0.6) is 0 Å². The summed E-state index contributed by atoms with van der Waals surface area (Å²) in [5.41, 5.74) is -0.308. The largest absolute Gasteiger partial charge is 0.493 e. The van der Waals surface area contributed by atoms with Crippen molar-refractivity contribution < 1.29 is 47.9 Å². The number of aliphatic hydroxyl groups is 1. The third-order valence-electron chi connectivity index (χ3n) is 11.0. The number of rotatable bonds is 10. The zero-order chi connectivity index (χ0) is 40.8. The molecule has 0 bridgehead atoms. The van der Waals surface area contributed by atoms with Crippen molar-refractivity contribution in [3.63, 3.8) is 0 Å². The summed E-state index contributed by atoms with van der Waals surface area (Å²) in [6.07, 6.45) is 4.26. The standard InChI is InChI=1S/C43H62N2O10/c1-13-35-42(8,49)23-25(2)36(47)26(3)24-43(9,50-12)39(55-41-38(53-30(7)46)34(45(10)11)21-27(4)52-41)28(5)37(29(6)40(48)54-35)51-20-14-15-31-16-17-33-32(22-31)18-19-44-33/h14-19,22-23,26-28,34-35,38-39,41,44,49H,13,20-21,24H2,1-12H3/b15-14+,25-23+,37-29+/t26-,27-,28+,34+,35-,38-,39-,41+,42+,43-/m1/s1. The van der Waals surface area contributed by atoms with E-state index in [1.165, 1.54) is 19.9 Å². The number of hydrogen-bond donors (Lipinski definition) is 2. The fourth-order valence-corrected chi connectivity index (χ4v) is 8.05. The number of allylic oxidation sites excluding steroid dienone is 1. The predicted octanol–water partition coefficient (Wildman–Crippen LogP) is 6.52. The summed E-state index contributed by atoms with van der Waals surface area (Å²) in [5.74, 6) is -2.39. The Morgan fingerprint density at radius 1 is 1.13 bits per heavy atom. The molecule has 55 heavy (non-hydrogen) atoms. The van der Waals surface area contributed by atoms with Crippen molar-refractivity contribution in [1.29, 1.82) is 0 Å². The Kier molecular flexibility index (Phi) is 14.7. The van der Waals surface area contributed by atoms with Crippen LogP contribution in [0, 0.1) is 11.8 Å². The number of nitrogens with zero attached hydrogens (tertiary/aromatic N) is 1. The molecule has 0 unspecified atom stereocenters. The van der Waals surface area contributed by atoms with Crippen LogP contribution < -0.4 is 0 Å². The monoisotopic (exact) mass is 766 g/mol. The average Bonchev–Trinajstić information content (AvgIpc) is 3.59. The van der Waals surface area contributed by atoms with Crippen LogP contribution >= 0.6 is 0 Å². The maximum Gasteiger partial charge on any atom is 0.337 e. The molecule has 0 radical (unpaired) electrons. The Balaban J connectivity index is 1.85. The van der Waals surface area contributed by atoms with Gasteiger partial charge in [-0.1, -0.05) is 32.9 Å². The van der Waals surface area contributed by atoms with Gasteiger partial charge in [0.15, 0.2) is 18.2 Å². The van der Waals surface area contributed by atoms with Gasteiger partial charge in [0.05, 0.1) is 29.4 Å². The first-order valence-electron chi connectivity index (χ1n) is 19.3. The first-order valence-corrected chi connectivity index (χ1v) is 19.3. The van der Waals surface area contributed by atoms with E-state index < -0.39 is 59.6 Å². The molecule has 12 nitrogen and oxygen atoms in total. The second kappa shape index (κ2) is 18.4. The van der Waals surface area contributed by atoms with Crippen LogP contribution in [0.3, 0.4) is 0 Å². The lowest BCUT2D eigenvalue weighted by molar-refractivity contribution is -0.298. The van der Waals surface area contributed by atoms with Crippen LogP contribution in [0.4, 0.5) is 0 Å². The Labute approximate surface area is 326 Å². The fraction of sp³-hybridized carbons (Fsp3) is 0.605. The minimum atomic E-state index is -1.63. The molecule has 2 aromatic rings. The van der Waals surface area contributed by atoms with E-state index in [1.54, 1.807) is 27.9 Å². The van der Waals surface area contributed by atoms with Crippen LogP contribution in [-0.2, 0) is 42.8 Å². The third-order valence-corrected chi connectivity index (χ3v) is 11.0. The minimum Gasteiger partial charge on any atom is -0.493 e. The summed E-state index contributed by atoms with van der Waals surface area (Å²) in [4.78, 5) is 45.7. The molecule has 304 valence electrons. The molecule has 0 aliphatic carbocycles. The molecule has 2 aliphatic rings. The predicted molar refractivity (Wildman–Crippen MR) is 211 cm³/mol. The van der Waals surface area contributed by atoms with Crippen molar-refractivity contribution in [3.8, 4) is 0 Å². The number of fused-ring (bicyclic) bond motifs is 1. The summed E-state index contributed by atoms with van der Waals surface area (Å²) in [6, 6.07) is 7.83. The molecule has 10 atom stereocenters. The van der Waals surface area contributed by atoms with Gasteiger partial charge in [-0.3, -0.25) is 9.59 Å². The molecule has 0 amide bonds. The number of aromatic amines is 1. The molecular weight excluding hydrogens is 704 g/mol. The molecule has 1 saturated heterocycles. The number of carbonyl (C=O) groups is 3. The van der Waals surface area contributed by atoms with Crippen LogP contribution in [0.15, 0.2) is 59.5 Å². The molecule has 1 aromatic carbocycles. The molecule has 4 rings (SSSR count). The smallest absolute Gasteiger partial charge is 0.337 e. The van der Waals surface area contributed by atoms with Gasteiger partial charge in [0.2, 0.25) is 0 Å². The molecule has 0 spiro atoms. The van der Waals surface area contributed by atoms with Crippen molar-refractivity contribution in [2.75, 3.05) is 27.8 Å². The lowest BCUT2D eigenvalue weighted by atomic mass is 9.78. The third kappa shape index (κ3) is 10.5. The highest BCUT2D eigenvalue weighted by Gasteiger charge is 2.50. The Hall–Kier alpha value is -3.81. The van der Waals surface area contributed by atoms with E-state index in [2.05, 4.69) is 11.1 Å². The van der Waals surface area contributed by atoms with Gasteiger partial charge in [-0.15, -0.1) is 0 Å². The van der Waals surface area contributed by atoms with E-state index in [9.17, 15) is 19.5 Å². The number of esters is 2. The quantitative estimate of drug-likeness (QED) is 0.255. The second-order valence-corrected chi connectivity index (χ2v) is 15.9. The number of Topliss-reactive ketones (excluding diaryl/α,β-unsaturated/α-hetero) is 1. The SMILES string of the molecule is CC[C@H]1OC(=O)/C(C)=C(/OC/C=C/c2ccc3[nH]ccc3c2)[C@H](C)[C@@H](O[C@@H]2O[C@H](C)C[C@H](N(C)C)[C@H]2OC(C)=O)[C@](C)(OC)C[C@@H](C)C(=O)/C(C)=C/[C@]1(C)O. The Morgan fingerprint density at radius 3 is 2.47 bits per heavy atom. The van der Waals surface area contributed by atoms with Crippen molar-refractivity contribution in [1.82, 2.24) is 9.88 Å². The second-order valence-electron chi connectivity index (χ2n) is 15.9. The first kappa shape index (κ1) is 43.9. The summed E-state index contributed by atoms with van der Waals surface area (Å²) in [6.45, 7) is 15.5. The lowest BCUT2D eigenvalue weighted by Gasteiger charge is -2.47. The summed E-state index contributed by atoms with van der Waals surface area (Å²) < 4.78 is 38.1. The molecule has 1 aromatic heterocycles. The van der Waals surface area contributed by atoms with Crippen molar-refractivity contribution >= 4 is 34.7 Å². The first-order chi connectivity index (χ1) is 25.8. The van der Waals surface area contributed by atoms with E-state index in [0.29, 0.717) is 12.0 Å². The number of ketones is 1. The Morgan fingerprint density at radius 2 is 1.84 bits per heavy atom. The van der Waals surface area contributed by atoms with Crippen LogP contribution in [-0.4, -0.2) is 108 Å². The van der Waals surface area contributed by atoms with Gasteiger partial charge >= 0.3 is 11.9 Å². The van der Waals surface area contributed by atoms with Gasteiger partial charge in [0, 0.05) is 37.6 Å². The van der Waals surface area contributed by atoms with Gasteiger partial charge in [-0.25, -0.2) is 4.79 Å². The number of nitrogens with one attached hydrogen (secondary N) is 1. The molecular formula is C43H62N2O10. The van der Waals surface area contributed by atoms with E-state index in [-0.39, 0.29) is 48.7 Å². The number of cyclic esters (lactones) is 1. The van der Waals surface area contributed by atoms with E-state index in [0.717, 1.165) is 16.5 Å². The average molecular weight is 767 g/mol. The molecule has 12 heteroatoms. The van der Waals surface area contributed by atoms with Gasteiger partial charge in [0.1, 0.15) is 24.1 Å². The summed E-state index contributed by atoms with van der Waals surface area (Å²) in [5, 5.41) is 12.6. The maximum absolute atomic E-state index is 14.1. The normalized spacial score (nSPS) is 35.3. The number of H-pyrrole nitrogens is 1. The van der Waals surface area contributed by atoms with Gasteiger partial charge in [0.25, 0.3) is 0 Å². The molecule has 2 aliphatic heterocycles. The fourth-order valence-electron chi connectivity index (χ4n) is 8.05. The molecule has 3 heterocycles. The summed E-state index contributed by atoms with van der Waals surface area (Å²) in [7, 11) is 5.38. The number of ether oxygens (including phenoxy) is 6. The highest BCUT2D eigenvalue weighted by molar-refractivity contribution is 5.96. The van der Waals surface area contributed by atoms with Gasteiger partial charge < -0.3 is 43.4 Å². The van der Waals surface area contributed by atoms with Crippen LogP contribution in [0.25, 0.3) is 17.0 Å². The van der Waals surface area contributed by atoms with E-state index >= 15 is 0 Å². The Bertz CT molecular complexity index is 1760. The maximum atomic E-state index is 14.1. The van der Waals surface area contributed by atoms with Gasteiger partial charge in [-0.2, -0.15) is 0 Å². The number of likely N-dealkylation sites (N-methyl/N-ethyl adjacent to an activating group) is 1. The lowest BCUT2D eigenvalue weighted by Crippen LogP contribution is -2.59. The van der Waals surface area contributed by atoms with E-state index in [4.69, 9.17) is 28.4 Å². The number of carbonyl (C=O) groups excluding carboxylic acids is 3. The molecule has 0 saturated carbocycles. The molecule has 1 fully saturated rings. The zero-order valence-electron chi connectivity index (χ0n) is 34.6. The zero-order valence-corrected chi connectivity index (χ0v) is 34.6. The topological polar surface area (TPSA) is 146 Å². The minimum absolute atomic E-state index is 0.0906. The number of methoxy groups -OCH3 is 1. The van der Waals surface area contributed by atoms with Crippen LogP contribution in [0.1, 0.15) is 87.1 Å². The van der Waals surface area contributed by atoms with Gasteiger partial charge in [-0.05, 0) is 115 Å². The highest BCUT2D eigenvalue weighted by Crippen LogP contribution is 2.40. The van der Waals surface area contributed by atoms with E-state index in [1.807, 2.05) is 83.2 Å². The van der Waals surface area contributed by atoms with Crippen molar-refractivity contribution in [2.45, 2.75) is 130 Å². The number of hydrogen-bond acceptors (Lipinski definition) is 11. The highest BCUT2D eigenvalue weighted by atomic mass is 16.7. The van der Waals surface area contributed by atoms with Crippen LogP contribution in [0.2, 0.25) is 0 Å². The molecule has 2 N–H and O–H groups in total.